The number of aromatic nitrogens is 4. The molecule has 0 atom stereocenters. The fraction of sp³-hybridized carbons (Fsp3) is 0.0357. The molecule has 0 radical (unpaired) electrons. The molecule has 0 fully saturated rings. The molecule has 2 aromatic heterocycles. The van der Waals surface area contributed by atoms with E-state index in [0.717, 1.165) is 35.5 Å². The molecular formula is C56H40N4+2. The van der Waals surface area contributed by atoms with Gasteiger partial charge >= 0.3 is 0 Å². The molecule has 0 aliphatic heterocycles. The van der Waals surface area contributed by atoms with Crippen molar-refractivity contribution in [2.75, 3.05) is 0 Å². The van der Waals surface area contributed by atoms with Crippen LogP contribution in [0.15, 0.2) is 219 Å². The zero-order chi connectivity index (χ0) is 39.6. The van der Waals surface area contributed by atoms with Crippen LogP contribution >= 0.6 is 0 Å². The molecule has 4 nitrogen and oxygen atoms in total. The van der Waals surface area contributed by atoms with Crippen molar-refractivity contribution in [3.05, 3.63) is 230 Å². The molecule has 0 aliphatic rings. The summed E-state index contributed by atoms with van der Waals surface area (Å²) >= 11 is 0. The Labute approximate surface area is 347 Å². The molecule has 4 heteroatoms. The summed E-state index contributed by atoms with van der Waals surface area (Å²) in [7, 11) is 0. The van der Waals surface area contributed by atoms with Crippen molar-refractivity contribution < 1.29 is 9.13 Å². The van der Waals surface area contributed by atoms with E-state index < -0.39 is 0 Å². The fourth-order valence-corrected chi connectivity index (χ4v) is 9.66. The Balaban J connectivity index is 1.12. The Hall–Kier alpha value is -7.82. The molecule has 0 spiro atoms. The Morgan fingerprint density at radius 1 is 0.300 bits per heavy atom. The van der Waals surface area contributed by atoms with E-state index in [2.05, 4.69) is 237 Å². The zero-order valence-electron chi connectivity index (χ0n) is 33.0. The highest BCUT2D eigenvalue weighted by molar-refractivity contribution is 6.11. The van der Waals surface area contributed by atoms with Gasteiger partial charge in [-0.3, -0.25) is 0 Å². The number of rotatable bonds is 7. The van der Waals surface area contributed by atoms with Crippen LogP contribution in [0, 0.1) is 0 Å². The van der Waals surface area contributed by atoms with Crippen molar-refractivity contribution in [1.29, 1.82) is 0 Å². The normalized spacial score (nSPS) is 11.8. The van der Waals surface area contributed by atoms with Gasteiger partial charge in [0.15, 0.2) is 22.1 Å². The quantitative estimate of drug-likeness (QED) is 0.144. The second kappa shape index (κ2) is 13.9. The molecule has 60 heavy (non-hydrogen) atoms. The molecule has 0 N–H and O–H groups in total. The molecule has 0 saturated carbocycles. The van der Waals surface area contributed by atoms with Crippen molar-refractivity contribution >= 4 is 65.2 Å². The van der Waals surface area contributed by atoms with Crippen LogP contribution in [0.5, 0.6) is 0 Å². The van der Waals surface area contributed by atoms with E-state index in [1.807, 2.05) is 0 Å². The number of para-hydroxylation sites is 4. The maximum atomic E-state index is 2.42. The summed E-state index contributed by atoms with van der Waals surface area (Å²) in [6.07, 6.45) is 4.63. The number of hydrogen-bond acceptors (Lipinski definition) is 0. The SMILES string of the molecule is c1ccc2c(C[n+]3cn(-c4ccc5ccccc5c4-c4c(-n5c[n+](Cc6cccc7ccccc67)c6ccccc65)ccc5ccccc45)c4ccccc43)cccc2c1. The van der Waals surface area contributed by atoms with Crippen molar-refractivity contribution in [2.45, 2.75) is 13.1 Å². The third kappa shape index (κ3) is 5.53. The lowest BCUT2D eigenvalue weighted by molar-refractivity contribution is -0.662. The van der Waals surface area contributed by atoms with Gasteiger partial charge in [-0.25, -0.2) is 9.13 Å². The van der Waals surface area contributed by atoms with Gasteiger partial charge in [0.2, 0.25) is 12.7 Å². The van der Waals surface area contributed by atoms with E-state index in [1.54, 1.807) is 0 Å². The number of nitrogens with zero attached hydrogens (tertiary/aromatic N) is 4. The Kier molecular flexibility index (Phi) is 7.95. The van der Waals surface area contributed by atoms with E-state index in [9.17, 15) is 0 Å². The Morgan fingerprint density at radius 3 is 1.10 bits per heavy atom. The molecule has 0 bridgehead atoms. The highest BCUT2D eigenvalue weighted by atomic mass is 15.2. The average Bonchev–Trinajstić information content (AvgIpc) is 3.86. The Morgan fingerprint density at radius 2 is 0.650 bits per heavy atom. The lowest BCUT2D eigenvalue weighted by Crippen LogP contribution is -2.33. The minimum Gasteiger partial charge on any atom is -0.225 e. The van der Waals surface area contributed by atoms with Gasteiger partial charge in [0.05, 0.1) is 0 Å². The van der Waals surface area contributed by atoms with Gasteiger partial charge in [-0.2, -0.15) is 9.13 Å². The van der Waals surface area contributed by atoms with Crippen molar-refractivity contribution in [3.63, 3.8) is 0 Å². The second-order valence-corrected chi connectivity index (χ2v) is 15.8. The van der Waals surface area contributed by atoms with Gasteiger partial charge in [0, 0.05) is 22.3 Å². The first-order valence-corrected chi connectivity index (χ1v) is 20.7. The number of imidazole rings is 2. The third-order valence-electron chi connectivity index (χ3n) is 12.4. The van der Waals surface area contributed by atoms with E-state index in [1.165, 1.54) is 76.4 Å². The molecule has 10 aromatic carbocycles. The summed E-state index contributed by atoms with van der Waals surface area (Å²) in [5.74, 6) is 0. The first kappa shape index (κ1) is 34.2. The summed E-state index contributed by atoms with van der Waals surface area (Å²) in [4.78, 5) is 0. The van der Waals surface area contributed by atoms with Crippen LogP contribution < -0.4 is 9.13 Å². The Bertz CT molecular complexity index is 3380. The zero-order valence-corrected chi connectivity index (χ0v) is 33.0. The number of benzene rings is 10. The van der Waals surface area contributed by atoms with Gasteiger partial charge in [-0.1, -0.05) is 170 Å². The van der Waals surface area contributed by atoms with Gasteiger partial charge < -0.3 is 0 Å². The topological polar surface area (TPSA) is 17.6 Å². The van der Waals surface area contributed by atoms with E-state index in [-0.39, 0.29) is 0 Å². The smallest absolute Gasteiger partial charge is 0.225 e. The van der Waals surface area contributed by atoms with Crippen LogP contribution in [0.4, 0.5) is 0 Å². The second-order valence-electron chi connectivity index (χ2n) is 15.8. The molecule has 0 amide bonds. The van der Waals surface area contributed by atoms with Crippen LogP contribution in [-0.4, -0.2) is 9.13 Å². The molecule has 0 saturated heterocycles. The molecule has 12 aromatic rings. The first-order chi connectivity index (χ1) is 29.8. The summed E-state index contributed by atoms with van der Waals surface area (Å²) in [5.41, 5.74) is 12.0. The molecule has 0 unspecified atom stereocenters. The lowest BCUT2D eigenvalue weighted by Gasteiger charge is -2.16. The maximum absolute atomic E-state index is 2.42. The van der Waals surface area contributed by atoms with Crippen molar-refractivity contribution in [3.8, 4) is 22.5 Å². The monoisotopic (exact) mass is 768 g/mol. The highest BCUT2D eigenvalue weighted by Gasteiger charge is 2.28. The van der Waals surface area contributed by atoms with Crippen LogP contribution in [0.3, 0.4) is 0 Å². The average molecular weight is 769 g/mol. The van der Waals surface area contributed by atoms with E-state index in [4.69, 9.17) is 0 Å². The largest absolute Gasteiger partial charge is 0.250 e. The van der Waals surface area contributed by atoms with Crippen LogP contribution in [0.1, 0.15) is 11.1 Å². The predicted octanol–water partition coefficient (Wildman–Crippen LogP) is 12.5. The first-order valence-electron chi connectivity index (χ1n) is 20.7. The van der Waals surface area contributed by atoms with Crippen molar-refractivity contribution in [2.24, 2.45) is 0 Å². The molecule has 282 valence electrons. The van der Waals surface area contributed by atoms with Gasteiger partial charge in [0.1, 0.15) is 24.5 Å². The van der Waals surface area contributed by atoms with E-state index in [0.29, 0.717) is 0 Å². The highest BCUT2D eigenvalue weighted by Crippen LogP contribution is 2.43. The summed E-state index contributed by atoms with van der Waals surface area (Å²) in [6.45, 7) is 1.51. The van der Waals surface area contributed by atoms with Crippen molar-refractivity contribution in [1.82, 2.24) is 9.13 Å². The summed E-state index contributed by atoms with van der Waals surface area (Å²) in [5, 5.41) is 9.93. The van der Waals surface area contributed by atoms with Crippen LogP contribution in [0.2, 0.25) is 0 Å². The summed E-state index contributed by atoms with van der Waals surface area (Å²) in [6, 6.07) is 75.3. The minimum atomic E-state index is 0.753. The van der Waals surface area contributed by atoms with Crippen LogP contribution in [0.25, 0.3) is 87.7 Å². The molecule has 12 rings (SSSR count). The standard InChI is InChI=1S/C56H40N4/c1-5-23-45-39(15-1)19-13-21-43(45)35-57-37-59(51-29-11-9-27-49(51)57)53-33-31-41-17-3-7-25-47(41)55(53)56-48-26-8-4-18-42(48)32-34-54(56)60-38-58(50-28-10-12-30-52(50)60)36-44-22-14-20-40-16-2-6-24-46(40)44/h1-34,37-38H,35-36H2/q+2. The lowest BCUT2D eigenvalue weighted by atomic mass is 9.90. The van der Waals surface area contributed by atoms with E-state index >= 15 is 0 Å². The van der Waals surface area contributed by atoms with Gasteiger partial charge in [0.25, 0.3) is 0 Å². The fourth-order valence-electron chi connectivity index (χ4n) is 9.66. The van der Waals surface area contributed by atoms with Gasteiger partial charge in [-0.15, -0.1) is 0 Å². The maximum Gasteiger partial charge on any atom is 0.250 e. The summed E-state index contributed by atoms with van der Waals surface area (Å²) < 4.78 is 9.66. The molecule has 2 heterocycles. The molecule has 0 aliphatic carbocycles. The van der Waals surface area contributed by atoms with Crippen LogP contribution in [-0.2, 0) is 13.1 Å². The van der Waals surface area contributed by atoms with Gasteiger partial charge in [-0.05, 0) is 79.5 Å². The predicted molar refractivity (Wildman–Crippen MR) is 247 cm³/mol. The molecular weight excluding hydrogens is 729 g/mol. The third-order valence-corrected chi connectivity index (χ3v) is 12.4. The number of hydrogen-bond donors (Lipinski definition) is 0. The number of fused-ring (bicyclic) bond motifs is 6. The minimum absolute atomic E-state index is 0.753.